The third-order valence-electron chi connectivity index (χ3n) is 4.62. The number of carbonyl (C=O) groups is 2. The van der Waals surface area contributed by atoms with Gasteiger partial charge in [0, 0.05) is 30.8 Å². The molecule has 2 aromatic rings. The van der Waals surface area contributed by atoms with E-state index in [9.17, 15) is 9.59 Å². The molecule has 7 heteroatoms. The van der Waals surface area contributed by atoms with Gasteiger partial charge in [0.25, 0.3) is 5.91 Å². The lowest BCUT2D eigenvalue weighted by Crippen LogP contribution is -2.44. The van der Waals surface area contributed by atoms with Crippen molar-refractivity contribution >= 4 is 29.1 Å². The van der Waals surface area contributed by atoms with Gasteiger partial charge in [-0.25, -0.2) is 0 Å². The quantitative estimate of drug-likeness (QED) is 0.805. The van der Waals surface area contributed by atoms with Gasteiger partial charge in [-0.15, -0.1) is 0 Å². The van der Waals surface area contributed by atoms with Crippen LogP contribution in [0.4, 0.5) is 5.69 Å². The standard InChI is InChI=1S/C21H24ClN3O3/c1-13-10-25(11-14(2)28-13)12-15-3-5-16(6-4-15)21(27)24-19-9-17(20(23)26)7-8-18(19)22/h3-9,13-14H,10-12H2,1-2H3,(H2,23,26)(H,24,27). The van der Waals surface area contributed by atoms with Crippen molar-refractivity contribution < 1.29 is 14.3 Å². The first-order valence-corrected chi connectivity index (χ1v) is 9.57. The van der Waals surface area contributed by atoms with Crippen molar-refractivity contribution in [3.8, 4) is 0 Å². The van der Waals surface area contributed by atoms with E-state index in [2.05, 4.69) is 24.1 Å². The fourth-order valence-corrected chi connectivity index (χ4v) is 3.57. The molecule has 148 valence electrons. The molecule has 0 aliphatic carbocycles. The summed E-state index contributed by atoms with van der Waals surface area (Å²) in [6, 6.07) is 12.0. The van der Waals surface area contributed by atoms with Gasteiger partial charge < -0.3 is 15.8 Å². The van der Waals surface area contributed by atoms with Gasteiger partial charge in [0.1, 0.15) is 0 Å². The number of amides is 2. The van der Waals surface area contributed by atoms with Gasteiger partial charge in [-0.1, -0.05) is 23.7 Å². The van der Waals surface area contributed by atoms with Crippen LogP contribution in [-0.2, 0) is 11.3 Å². The summed E-state index contributed by atoms with van der Waals surface area (Å²) in [7, 11) is 0. The molecule has 6 nitrogen and oxygen atoms in total. The predicted octanol–water partition coefficient (Wildman–Crippen LogP) is 3.30. The molecule has 1 fully saturated rings. The third-order valence-corrected chi connectivity index (χ3v) is 4.95. The summed E-state index contributed by atoms with van der Waals surface area (Å²) in [6.07, 6.45) is 0.435. The van der Waals surface area contributed by atoms with Crippen LogP contribution in [0, 0.1) is 0 Å². The topological polar surface area (TPSA) is 84.7 Å². The van der Waals surface area contributed by atoms with E-state index in [1.54, 1.807) is 12.1 Å². The van der Waals surface area contributed by atoms with Crippen molar-refractivity contribution in [2.45, 2.75) is 32.6 Å². The van der Waals surface area contributed by atoms with Crippen LogP contribution in [0.15, 0.2) is 42.5 Å². The minimum atomic E-state index is -0.580. The van der Waals surface area contributed by atoms with Crippen molar-refractivity contribution in [1.82, 2.24) is 4.90 Å². The highest BCUT2D eigenvalue weighted by Gasteiger charge is 2.22. The zero-order valence-electron chi connectivity index (χ0n) is 15.9. The van der Waals surface area contributed by atoms with Crippen LogP contribution in [0.5, 0.6) is 0 Å². The van der Waals surface area contributed by atoms with Gasteiger partial charge in [0.2, 0.25) is 5.91 Å². The molecule has 0 aromatic heterocycles. The number of primary amides is 1. The van der Waals surface area contributed by atoms with E-state index in [1.807, 2.05) is 12.1 Å². The fourth-order valence-electron chi connectivity index (χ4n) is 3.40. The largest absolute Gasteiger partial charge is 0.373 e. The summed E-state index contributed by atoms with van der Waals surface area (Å²) < 4.78 is 5.76. The summed E-state index contributed by atoms with van der Waals surface area (Å²) in [4.78, 5) is 26.2. The van der Waals surface area contributed by atoms with Gasteiger partial charge >= 0.3 is 0 Å². The Morgan fingerprint density at radius 1 is 1.11 bits per heavy atom. The Balaban J connectivity index is 1.65. The van der Waals surface area contributed by atoms with E-state index in [4.69, 9.17) is 22.1 Å². The van der Waals surface area contributed by atoms with Crippen molar-refractivity contribution in [1.29, 1.82) is 0 Å². The number of ether oxygens (including phenoxy) is 1. The van der Waals surface area contributed by atoms with Gasteiger partial charge in [-0.3, -0.25) is 14.5 Å². The lowest BCUT2D eigenvalue weighted by molar-refractivity contribution is -0.0704. The molecule has 3 rings (SSSR count). The van der Waals surface area contributed by atoms with Crippen LogP contribution in [0.1, 0.15) is 40.1 Å². The van der Waals surface area contributed by atoms with Crippen LogP contribution in [0.2, 0.25) is 5.02 Å². The maximum Gasteiger partial charge on any atom is 0.255 e. The minimum Gasteiger partial charge on any atom is -0.373 e. The number of nitrogens with one attached hydrogen (secondary N) is 1. The molecule has 0 spiro atoms. The first-order valence-electron chi connectivity index (χ1n) is 9.19. The van der Waals surface area contributed by atoms with Crippen molar-refractivity contribution in [3.63, 3.8) is 0 Å². The highest BCUT2D eigenvalue weighted by molar-refractivity contribution is 6.34. The third kappa shape index (κ3) is 5.10. The van der Waals surface area contributed by atoms with Crippen LogP contribution < -0.4 is 11.1 Å². The number of nitrogens with two attached hydrogens (primary N) is 1. The van der Waals surface area contributed by atoms with Crippen LogP contribution in [-0.4, -0.2) is 42.0 Å². The first-order chi connectivity index (χ1) is 13.3. The van der Waals surface area contributed by atoms with Gasteiger partial charge in [0.05, 0.1) is 22.9 Å². The summed E-state index contributed by atoms with van der Waals surface area (Å²) in [5.74, 6) is -0.882. The monoisotopic (exact) mass is 401 g/mol. The average molecular weight is 402 g/mol. The van der Waals surface area contributed by atoms with Gasteiger partial charge in [0.15, 0.2) is 0 Å². The molecule has 2 aromatic carbocycles. The van der Waals surface area contributed by atoms with E-state index >= 15 is 0 Å². The molecule has 1 aliphatic rings. The number of anilines is 1. The Morgan fingerprint density at radius 3 is 2.32 bits per heavy atom. The molecule has 1 aliphatic heterocycles. The molecule has 28 heavy (non-hydrogen) atoms. The van der Waals surface area contributed by atoms with E-state index in [1.165, 1.54) is 18.2 Å². The van der Waals surface area contributed by atoms with Crippen LogP contribution in [0.25, 0.3) is 0 Å². The van der Waals surface area contributed by atoms with Gasteiger partial charge in [-0.2, -0.15) is 0 Å². The Bertz CT molecular complexity index is 860. The second kappa shape index (κ2) is 8.73. The average Bonchev–Trinajstić information content (AvgIpc) is 2.63. The summed E-state index contributed by atoms with van der Waals surface area (Å²) in [5, 5.41) is 3.07. The second-order valence-corrected chi connectivity index (χ2v) is 7.57. The molecular weight excluding hydrogens is 378 g/mol. The van der Waals surface area contributed by atoms with Crippen molar-refractivity contribution in [3.05, 3.63) is 64.2 Å². The van der Waals surface area contributed by atoms with Crippen LogP contribution >= 0.6 is 11.6 Å². The zero-order chi connectivity index (χ0) is 20.3. The molecule has 0 saturated carbocycles. The first kappa shape index (κ1) is 20.3. The highest BCUT2D eigenvalue weighted by atomic mass is 35.5. The van der Waals surface area contributed by atoms with E-state index in [-0.39, 0.29) is 23.7 Å². The number of nitrogens with zero attached hydrogens (tertiary/aromatic N) is 1. The molecule has 2 atom stereocenters. The molecular formula is C21H24ClN3O3. The molecule has 1 saturated heterocycles. The predicted molar refractivity (Wildman–Crippen MR) is 110 cm³/mol. The van der Waals surface area contributed by atoms with E-state index in [0.717, 1.165) is 25.2 Å². The van der Waals surface area contributed by atoms with E-state index in [0.29, 0.717) is 16.3 Å². The Morgan fingerprint density at radius 2 is 1.71 bits per heavy atom. The zero-order valence-corrected chi connectivity index (χ0v) is 16.7. The van der Waals surface area contributed by atoms with Crippen LogP contribution in [0.3, 0.4) is 0 Å². The summed E-state index contributed by atoms with van der Waals surface area (Å²) >= 11 is 6.11. The second-order valence-electron chi connectivity index (χ2n) is 7.16. The number of carbonyl (C=O) groups excluding carboxylic acids is 2. The number of benzene rings is 2. The van der Waals surface area contributed by atoms with E-state index < -0.39 is 5.91 Å². The number of halogens is 1. The molecule has 3 N–H and O–H groups in total. The summed E-state index contributed by atoms with van der Waals surface area (Å²) in [5.41, 5.74) is 7.55. The minimum absolute atomic E-state index is 0.217. The Hall–Kier alpha value is -2.41. The maximum absolute atomic E-state index is 12.5. The SMILES string of the molecule is CC1CN(Cc2ccc(C(=O)Nc3cc(C(N)=O)ccc3Cl)cc2)CC(C)O1. The normalized spacial score (nSPS) is 20.0. The van der Waals surface area contributed by atoms with Gasteiger partial charge in [-0.05, 0) is 49.7 Å². The lowest BCUT2D eigenvalue weighted by Gasteiger charge is -2.35. The van der Waals surface area contributed by atoms with Crippen molar-refractivity contribution in [2.75, 3.05) is 18.4 Å². The lowest BCUT2D eigenvalue weighted by atomic mass is 10.1. The maximum atomic E-state index is 12.5. The number of rotatable bonds is 5. The molecule has 2 unspecified atom stereocenters. The number of hydrogen-bond acceptors (Lipinski definition) is 4. The fraction of sp³-hybridized carbons (Fsp3) is 0.333. The molecule has 0 bridgehead atoms. The molecule has 2 amide bonds. The smallest absolute Gasteiger partial charge is 0.255 e. The summed E-state index contributed by atoms with van der Waals surface area (Å²) in [6.45, 7) is 6.75. The van der Waals surface area contributed by atoms with Crippen molar-refractivity contribution in [2.24, 2.45) is 5.73 Å². The number of hydrogen-bond donors (Lipinski definition) is 2. The Labute approximate surface area is 169 Å². The molecule has 1 heterocycles. The molecule has 0 radical (unpaired) electrons. The highest BCUT2D eigenvalue weighted by Crippen LogP contribution is 2.24. The number of morpholine rings is 1. The Kier molecular flexibility index (Phi) is 6.34.